The van der Waals surface area contributed by atoms with Crippen molar-refractivity contribution in [2.45, 2.75) is 13.3 Å². The molecule has 0 aromatic heterocycles. The van der Waals surface area contributed by atoms with Crippen LogP contribution in [0.3, 0.4) is 0 Å². The van der Waals surface area contributed by atoms with E-state index in [0.29, 0.717) is 12.2 Å². The Hall–Kier alpha value is -1.83. The third-order valence-electron chi connectivity index (χ3n) is 2.14. The molecule has 0 atom stereocenters. The number of nitrogens with one attached hydrogen (secondary N) is 1. The number of anilines is 1. The van der Waals surface area contributed by atoms with Crippen LogP contribution in [0.5, 0.6) is 5.75 Å². The van der Waals surface area contributed by atoms with Gasteiger partial charge in [-0.3, -0.25) is 14.8 Å². The molecule has 100 valence electrons. The highest BCUT2D eigenvalue weighted by molar-refractivity contribution is 7.92. The molecule has 7 nitrogen and oxygen atoms in total. The van der Waals surface area contributed by atoms with Gasteiger partial charge >= 0.3 is 0 Å². The molecule has 0 unspecified atom stereocenters. The van der Waals surface area contributed by atoms with E-state index in [0.717, 1.165) is 0 Å². The van der Waals surface area contributed by atoms with Crippen molar-refractivity contribution in [3.05, 3.63) is 28.3 Å². The molecule has 0 bridgehead atoms. The summed E-state index contributed by atoms with van der Waals surface area (Å²) in [5.41, 5.74) is -0.400. The summed E-state index contributed by atoms with van der Waals surface area (Å²) in [5, 5.41) is 10.8. The predicted molar refractivity (Wildman–Crippen MR) is 67.3 cm³/mol. The Bertz CT molecular complexity index is 541. The molecule has 8 heteroatoms. The van der Waals surface area contributed by atoms with Gasteiger partial charge in [-0.1, -0.05) is 6.92 Å². The number of nitrogens with zero attached hydrogens (tertiary/aromatic N) is 1. The van der Waals surface area contributed by atoms with Gasteiger partial charge < -0.3 is 4.74 Å². The topological polar surface area (TPSA) is 98.5 Å². The van der Waals surface area contributed by atoms with Gasteiger partial charge in [0.25, 0.3) is 5.69 Å². The van der Waals surface area contributed by atoms with Gasteiger partial charge in [0.15, 0.2) is 0 Å². The second kappa shape index (κ2) is 5.67. The van der Waals surface area contributed by atoms with E-state index in [1.165, 1.54) is 25.3 Å². The van der Waals surface area contributed by atoms with Crippen LogP contribution in [0.1, 0.15) is 13.3 Å². The Balaban J connectivity index is 3.13. The molecule has 0 radical (unpaired) electrons. The van der Waals surface area contributed by atoms with Crippen LogP contribution in [-0.2, 0) is 10.0 Å². The highest BCUT2D eigenvalue weighted by Crippen LogP contribution is 2.29. The summed E-state index contributed by atoms with van der Waals surface area (Å²) in [4.78, 5) is 10.2. The summed E-state index contributed by atoms with van der Waals surface area (Å²) in [5.74, 6) is 0.205. The average molecular weight is 274 g/mol. The highest BCUT2D eigenvalue weighted by atomic mass is 32.2. The van der Waals surface area contributed by atoms with Crippen LogP contribution in [0, 0.1) is 10.1 Å². The molecule has 0 saturated carbocycles. The van der Waals surface area contributed by atoms with Gasteiger partial charge in [-0.2, -0.15) is 0 Å². The lowest BCUT2D eigenvalue weighted by Crippen LogP contribution is -2.17. The molecule has 1 aromatic carbocycles. The van der Waals surface area contributed by atoms with Gasteiger partial charge in [-0.05, 0) is 18.6 Å². The lowest BCUT2D eigenvalue weighted by Gasteiger charge is -2.08. The molecule has 0 spiro atoms. The minimum atomic E-state index is -3.56. The fourth-order valence-electron chi connectivity index (χ4n) is 1.36. The zero-order valence-corrected chi connectivity index (χ0v) is 10.9. The SMILES string of the molecule is CCCS(=O)(=O)Nc1ccc(OC)cc1[N+](=O)[O-]. The monoisotopic (exact) mass is 274 g/mol. The molecule has 0 aliphatic rings. The van der Waals surface area contributed by atoms with E-state index in [2.05, 4.69) is 4.72 Å². The van der Waals surface area contributed by atoms with Gasteiger partial charge in [-0.25, -0.2) is 8.42 Å². The van der Waals surface area contributed by atoms with Crippen LogP contribution in [0.25, 0.3) is 0 Å². The van der Waals surface area contributed by atoms with Crippen LogP contribution >= 0.6 is 0 Å². The number of nitro benzene ring substituents is 1. The number of ether oxygens (including phenoxy) is 1. The first-order valence-electron chi connectivity index (χ1n) is 5.22. The van der Waals surface area contributed by atoms with Gasteiger partial charge in [0.1, 0.15) is 11.4 Å². The van der Waals surface area contributed by atoms with Crippen molar-refractivity contribution in [2.24, 2.45) is 0 Å². The normalized spacial score (nSPS) is 11.0. The van der Waals surface area contributed by atoms with E-state index in [1.54, 1.807) is 6.92 Å². The number of nitro groups is 1. The second-order valence-electron chi connectivity index (χ2n) is 3.56. The van der Waals surface area contributed by atoms with E-state index in [-0.39, 0.29) is 17.1 Å². The van der Waals surface area contributed by atoms with Crippen LogP contribution < -0.4 is 9.46 Å². The quantitative estimate of drug-likeness (QED) is 0.629. The lowest BCUT2D eigenvalue weighted by molar-refractivity contribution is -0.384. The summed E-state index contributed by atoms with van der Waals surface area (Å²) in [6, 6.07) is 3.94. The summed E-state index contributed by atoms with van der Waals surface area (Å²) in [6.07, 6.45) is 0.430. The van der Waals surface area contributed by atoms with Crippen molar-refractivity contribution in [1.82, 2.24) is 0 Å². The number of sulfonamides is 1. The van der Waals surface area contributed by atoms with Gasteiger partial charge in [0, 0.05) is 0 Å². The first-order chi connectivity index (χ1) is 8.39. The number of hydrogen-bond acceptors (Lipinski definition) is 5. The maximum atomic E-state index is 11.6. The van der Waals surface area contributed by atoms with E-state index >= 15 is 0 Å². The van der Waals surface area contributed by atoms with Crippen molar-refractivity contribution in [3.8, 4) is 5.75 Å². The molecule has 18 heavy (non-hydrogen) atoms. The lowest BCUT2D eigenvalue weighted by atomic mass is 10.2. The molecule has 1 rings (SSSR count). The van der Waals surface area contributed by atoms with Gasteiger partial charge in [0.05, 0.1) is 23.9 Å². The fourth-order valence-corrected chi connectivity index (χ4v) is 2.51. The first kappa shape index (κ1) is 14.2. The molecular formula is C10H14N2O5S. The van der Waals surface area contributed by atoms with Crippen LogP contribution in [-0.4, -0.2) is 26.2 Å². The molecule has 0 saturated heterocycles. The molecule has 0 amide bonds. The van der Waals surface area contributed by atoms with E-state index in [1.807, 2.05) is 0 Å². The number of methoxy groups -OCH3 is 1. The van der Waals surface area contributed by atoms with Crippen molar-refractivity contribution in [3.63, 3.8) is 0 Å². The number of hydrogen-bond donors (Lipinski definition) is 1. The minimum Gasteiger partial charge on any atom is -0.496 e. The Morgan fingerprint density at radius 2 is 2.11 bits per heavy atom. The van der Waals surface area contributed by atoms with E-state index in [9.17, 15) is 18.5 Å². The third kappa shape index (κ3) is 3.59. The second-order valence-corrected chi connectivity index (χ2v) is 5.40. The van der Waals surface area contributed by atoms with Crippen molar-refractivity contribution in [1.29, 1.82) is 0 Å². The molecule has 1 aromatic rings. The summed E-state index contributed by atoms with van der Waals surface area (Å²) >= 11 is 0. The molecule has 1 N–H and O–H groups in total. The first-order valence-corrected chi connectivity index (χ1v) is 6.87. The summed E-state index contributed by atoms with van der Waals surface area (Å²) < 4.78 is 30.2. The molecule has 0 fully saturated rings. The van der Waals surface area contributed by atoms with E-state index < -0.39 is 14.9 Å². The molecular weight excluding hydrogens is 260 g/mol. The Kier molecular flexibility index (Phi) is 4.49. The van der Waals surface area contributed by atoms with Gasteiger partial charge in [0.2, 0.25) is 10.0 Å². The standard InChI is InChI=1S/C10H14N2O5S/c1-3-6-18(15,16)11-9-5-4-8(17-2)7-10(9)12(13)14/h4-5,7,11H,3,6H2,1-2H3. The van der Waals surface area contributed by atoms with E-state index in [4.69, 9.17) is 4.74 Å². The summed E-state index contributed by atoms with van der Waals surface area (Å²) in [7, 11) is -2.18. The zero-order valence-electron chi connectivity index (χ0n) is 10.0. The zero-order chi connectivity index (χ0) is 13.8. The number of benzene rings is 1. The molecule has 0 aliphatic carbocycles. The Labute approximate surface area is 105 Å². The molecule has 0 aliphatic heterocycles. The average Bonchev–Trinajstić information content (AvgIpc) is 2.28. The highest BCUT2D eigenvalue weighted by Gasteiger charge is 2.19. The third-order valence-corrected chi connectivity index (χ3v) is 3.62. The predicted octanol–water partition coefficient (Wildman–Crippen LogP) is 1.76. The maximum absolute atomic E-state index is 11.6. The fraction of sp³-hybridized carbons (Fsp3) is 0.400. The number of rotatable bonds is 6. The summed E-state index contributed by atoms with van der Waals surface area (Å²) in [6.45, 7) is 1.71. The van der Waals surface area contributed by atoms with Gasteiger partial charge in [-0.15, -0.1) is 0 Å². The van der Waals surface area contributed by atoms with Crippen molar-refractivity contribution in [2.75, 3.05) is 17.6 Å². The smallest absolute Gasteiger partial charge is 0.297 e. The largest absolute Gasteiger partial charge is 0.496 e. The Morgan fingerprint density at radius 3 is 2.61 bits per heavy atom. The maximum Gasteiger partial charge on any atom is 0.297 e. The Morgan fingerprint density at radius 1 is 1.44 bits per heavy atom. The van der Waals surface area contributed by atoms with Crippen LogP contribution in [0.4, 0.5) is 11.4 Å². The van der Waals surface area contributed by atoms with Crippen molar-refractivity contribution < 1.29 is 18.1 Å². The molecule has 0 heterocycles. The van der Waals surface area contributed by atoms with Crippen molar-refractivity contribution >= 4 is 21.4 Å². The van der Waals surface area contributed by atoms with Crippen LogP contribution in [0.2, 0.25) is 0 Å². The van der Waals surface area contributed by atoms with Crippen LogP contribution in [0.15, 0.2) is 18.2 Å². The minimum absolute atomic E-state index is 0.0609.